The number of rotatable bonds is 1. The zero-order valence-corrected chi connectivity index (χ0v) is 11.9. The van der Waals surface area contributed by atoms with Gasteiger partial charge in [-0.05, 0) is 70.1 Å². The van der Waals surface area contributed by atoms with Crippen molar-refractivity contribution in [2.45, 2.75) is 57.8 Å². The van der Waals surface area contributed by atoms with Crippen molar-refractivity contribution in [2.24, 2.45) is 17.8 Å². The predicted octanol–water partition coefficient (Wildman–Crippen LogP) is 3.14. The van der Waals surface area contributed by atoms with Crippen molar-refractivity contribution in [3.63, 3.8) is 0 Å². The number of nitrogens with zero attached hydrogens (tertiary/aromatic N) is 2. The molecular formula is C16H23N3. The Morgan fingerprint density at radius 1 is 0.947 bits per heavy atom. The van der Waals surface area contributed by atoms with Gasteiger partial charge in [-0.2, -0.15) is 0 Å². The van der Waals surface area contributed by atoms with Gasteiger partial charge in [-0.15, -0.1) is 0 Å². The van der Waals surface area contributed by atoms with E-state index in [0.717, 1.165) is 29.1 Å². The predicted molar refractivity (Wildman–Crippen MR) is 75.8 cm³/mol. The Morgan fingerprint density at radius 2 is 1.47 bits per heavy atom. The highest BCUT2D eigenvalue weighted by Gasteiger charge is 2.52. The summed E-state index contributed by atoms with van der Waals surface area (Å²) in [5, 5.41) is 0. The van der Waals surface area contributed by atoms with Crippen molar-refractivity contribution in [2.75, 3.05) is 5.73 Å². The van der Waals surface area contributed by atoms with Crippen molar-refractivity contribution in [1.82, 2.24) is 9.97 Å². The third-order valence-electron chi connectivity index (χ3n) is 5.84. The van der Waals surface area contributed by atoms with Crippen LogP contribution in [-0.4, -0.2) is 9.97 Å². The summed E-state index contributed by atoms with van der Waals surface area (Å²) in [5.74, 6) is 4.37. The highest BCUT2D eigenvalue weighted by atomic mass is 15.0. The zero-order chi connectivity index (χ0) is 13.2. The summed E-state index contributed by atoms with van der Waals surface area (Å²) in [6, 6.07) is 0. The maximum Gasteiger partial charge on any atom is 0.130 e. The van der Waals surface area contributed by atoms with Crippen LogP contribution in [0.15, 0.2) is 0 Å². The Balaban J connectivity index is 1.84. The molecule has 5 rings (SSSR count). The molecule has 0 unspecified atom stereocenters. The molecule has 3 nitrogen and oxygen atoms in total. The van der Waals surface area contributed by atoms with Gasteiger partial charge in [0, 0.05) is 11.0 Å². The Bertz CT molecular complexity index is 500. The molecule has 1 heterocycles. The maximum absolute atomic E-state index is 6.09. The van der Waals surface area contributed by atoms with E-state index in [1.807, 2.05) is 6.92 Å². The Labute approximate surface area is 115 Å². The van der Waals surface area contributed by atoms with E-state index in [1.54, 1.807) is 0 Å². The molecular weight excluding hydrogens is 234 g/mol. The third kappa shape index (κ3) is 1.63. The van der Waals surface area contributed by atoms with E-state index in [4.69, 9.17) is 10.7 Å². The molecule has 0 atom stereocenters. The molecule has 1 aromatic rings. The van der Waals surface area contributed by atoms with E-state index in [0.29, 0.717) is 11.2 Å². The monoisotopic (exact) mass is 257 g/mol. The lowest BCUT2D eigenvalue weighted by Gasteiger charge is -2.56. The largest absolute Gasteiger partial charge is 0.383 e. The van der Waals surface area contributed by atoms with E-state index in [2.05, 4.69) is 11.9 Å². The highest BCUT2D eigenvalue weighted by molar-refractivity contribution is 5.45. The van der Waals surface area contributed by atoms with Crippen LogP contribution in [-0.2, 0) is 5.41 Å². The minimum Gasteiger partial charge on any atom is -0.383 e. The van der Waals surface area contributed by atoms with Crippen LogP contribution in [0.4, 0.5) is 5.82 Å². The van der Waals surface area contributed by atoms with Crippen molar-refractivity contribution in [3.05, 3.63) is 17.1 Å². The molecule has 4 fully saturated rings. The topological polar surface area (TPSA) is 51.8 Å². The van der Waals surface area contributed by atoms with Gasteiger partial charge in [0.25, 0.3) is 0 Å². The molecule has 2 N–H and O–H groups in total. The Kier molecular flexibility index (Phi) is 2.28. The first-order valence-electron chi connectivity index (χ1n) is 7.67. The molecule has 1 aromatic heterocycles. The van der Waals surface area contributed by atoms with Gasteiger partial charge in [0.05, 0.1) is 5.69 Å². The maximum atomic E-state index is 6.09. The number of aromatic nitrogens is 2. The number of aryl methyl sites for hydroxylation is 1. The number of anilines is 1. The summed E-state index contributed by atoms with van der Waals surface area (Å²) in [6.07, 6.45) is 8.44. The van der Waals surface area contributed by atoms with Crippen molar-refractivity contribution in [1.29, 1.82) is 0 Å². The second kappa shape index (κ2) is 3.71. The summed E-state index contributed by atoms with van der Waals surface area (Å²) in [7, 11) is 0. The van der Waals surface area contributed by atoms with Crippen LogP contribution >= 0.6 is 0 Å². The van der Waals surface area contributed by atoms with Crippen molar-refractivity contribution < 1.29 is 0 Å². The van der Waals surface area contributed by atoms with Crippen LogP contribution < -0.4 is 5.73 Å². The van der Waals surface area contributed by atoms with E-state index in [-0.39, 0.29) is 0 Å². The summed E-state index contributed by atoms with van der Waals surface area (Å²) in [6.45, 7) is 4.09. The molecule has 4 aliphatic rings. The van der Waals surface area contributed by atoms with Gasteiger partial charge in [0.1, 0.15) is 11.6 Å². The standard InChI is InChI=1S/C16H23N3/c1-9-14(18-10(2)19-15(9)17)16-6-11-3-12(7-16)5-13(4-11)8-16/h11-13H,3-8H2,1-2H3,(H2,17,18,19). The van der Waals surface area contributed by atoms with Gasteiger partial charge in [-0.3, -0.25) is 0 Å². The van der Waals surface area contributed by atoms with E-state index in [9.17, 15) is 0 Å². The minimum absolute atomic E-state index is 0.334. The summed E-state index contributed by atoms with van der Waals surface area (Å²) in [5.41, 5.74) is 8.86. The summed E-state index contributed by atoms with van der Waals surface area (Å²) < 4.78 is 0. The van der Waals surface area contributed by atoms with Gasteiger partial charge in [0.2, 0.25) is 0 Å². The number of hydrogen-bond acceptors (Lipinski definition) is 3. The van der Waals surface area contributed by atoms with Crippen LogP contribution in [0, 0.1) is 31.6 Å². The van der Waals surface area contributed by atoms with Crippen LogP contribution in [0.2, 0.25) is 0 Å². The average molecular weight is 257 g/mol. The second-order valence-electron chi connectivity index (χ2n) is 7.33. The lowest BCUT2D eigenvalue weighted by molar-refractivity contribution is -0.00760. The fourth-order valence-corrected chi connectivity index (χ4v) is 5.57. The van der Waals surface area contributed by atoms with Gasteiger partial charge in [0.15, 0.2) is 0 Å². The molecule has 0 aromatic carbocycles. The molecule has 0 spiro atoms. The van der Waals surface area contributed by atoms with Crippen molar-refractivity contribution >= 4 is 5.82 Å². The molecule has 4 bridgehead atoms. The molecule has 4 aliphatic carbocycles. The molecule has 0 amide bonds. The van der Waals surface area contributed by atoms with Gasteiger partial charge in [-0.1, -0.05) is 0 Å². The van der Waals surface area contributed by atoms with Gasteiger partial charge >= 0.3 is 0 Å². The van der Waals surface area contributed by atoms with Crippen LogP contribution in [0.25, 0.3) is 0 Å². The van der Waals surface area contributed by atoms with Crippen molar-refractivity contribution in [3.8, 4) is 0 Å². The first-order valence-corrected chi connectivity index (χ1v) is 7.67. The Morgan fingerprint density at radius 3 is 2.00 bits per heavy atom. The fraction of sp³-hybridized carbons (Fsp3) is 0.750. The molecule has 102 valence electrons. The highest BCUT2D eigenvalue weighted by Crippen LogP contribution is 2.60. The van der Waals surface area contributed by atoms with Crippen LogP contribution in [0.3, 0.4) is 0 Å². The average Bonchev–Trinajstić information content (AvgIpc) is 2.32. The lowest BCUT2D eigenvalue weighted by atomic mass is 9.48. The smallest absolute Gasteiger partial charge is 0.130 e. The normalized spacial score (nSPS) is 39.8. The first-order chi connectivity index (χ1) is 9.06. The number of hydrogen-bond donors (Lipinski definition) is 1. The van der Waals surface area contributed by atoms with E-state index in [1.165, 1.54) is 44.2 Å². The number of nitrogens with two attached hydrogens (primary N) is 1. The minimum atomic E-state index is 0.334. The van der Waals surface area contributed by atoms with E-state index < -0.39 is 0 Å². The molecule has 0 radical (unpaired) electrons. The first kappa shape index (κ1) is 11.7. The molecule has 3 heteroatoms. The lowest BCUT2D eigenvalue weighted by Crippen LogP contribution is -2.49. The molecule has 4 saturated carbocycles. The molecule has 0 saturated heterocycles. The van der Waals surface area contributed by atoms with E-state index >= 15 is 0 Å². The fourth-order valence-electron chi connectivity index (χ4n) is 5.57. The molecule has 0 aliphatic heterocycles. The second-order valence-corrected chi connectivity index (χ2v) is 7.33. The molecule has 19 heavy (non-hydrogen) atoms. The van der Waals surface area contributed by atoms with Gasteiger partial charge < -0.3 is 5.73 Å². The quantitative estimate of drug-likeness (QED) is 0.841. The van der Waals surface area contributed by atoms with Crippen LogP contribution in [0.1, 0.15) is 55.6 Å². The SMILES string of the molecule is Cc1nc(N)c(C)c(C23CC4CC(CC(C4)C2)C3)n1. The summed E-state index contributed by atoms with van der Waals surface area (Å²) in [4.78, 5) is 9.16. The van der Waals surface area contributed by atoms with Crippen LogP contribution in [0.5, 0.6) is 0 Å². The summed E-state index contributed by atoms with van der Waals surface area (Å²) >= 11 is 0. The van der Waals surface area contributed by atoms with Gasteiger partial charge in [-0.25, -0.2) is 9.97 Å². The number of nitrogen functional groups attached to an aromatic ring is 1. The third-order valence-corrected chi connectivity index (χ3v) is 5.84. The zero-order valence-electron chi connectivity index (χ0n) is 11.9. The Hall–Kier alpha value is -1.12.